The largest absolute Gasteiger partial charge is 0.394 e. The van der Waals surface area contributed by atoms with Gasteiger partial charge < -0.3 is 34.3 Å². The normalized spacial score (nSPS) is 14.2. The summed E-state index contributed by atoms with van der Waals surface area (Å²) >= 11 is 0. The van der Waals surface area contributed by atoms with E-state index in [1.54, 1.807) is 4.57 Å². The Morgan fingerprint density at radius 2 is 1.55 bits per heavy atom. The van der Waals surface area contributed by atoms with Gasteiger partial charge in [0.2, 0.25) is 0 Å². The third kappa shape index (κ3) is 16.1. The second-order valence-electron chi connectivity index (χ2n) is 10.8. The number of rotatable bonds is 27. The van der Waals surface area contributed by atoms with E-state index in [-0.39, 0.29) is 25.6 Å². The molecule has 0 amide bonds. The van der Waals surface area contributed by atoms with Crippen molar-refractivity contribution in [2.24, 2.45) is 0 Å². The maximum atomic E-state index is 12.3. The first-order valence-corrected chi connectivity index (χ1v) is 17.6. The lowest BCUT2D eigenvalue weighted by molar-refractivity contribution is 0.0175. The molecule has 12 heteroatoms. The van der Waals surface area contributed by atoms with Crippen LogP contribution >= 0.6 is 7.60 Å². The molecule has 0 aliphatic rings. The summed E-state index contributed by atoms with van der Waals surface area (Å²) in [5.41, 5.74) is 6.73. The van der Waals surface area contributed by atoms with Crippen molar-refractivity contribution in [1.29, 1.82) is 0 Å². The van der Waals surface area contributed by atoms with E-state index in [1.165, 1.54) is 89.7 Å². The first-order chi connectivity index (χ1) is 20.5. The molecule has 2 aromatic rings. The van der Waals surface area contributed by atoms with Crippen LogP contribution in [0.15, 0.2) is 24.8 Å². The fraction of sp³-hybridized carbons (Fsp3) is 0.767. The van der Waals surface area contributed by atoms with Crippen LogP contribution in [0.3, 0.4) is 0 Å². The third-order valence-electron chi connectivity index (χ3n) is 7.03. The van der Waals surface area contributed by atoms with Gasteiger partial charge in [0.25, 0.3) is 0 Å². The number of ether oxygens (including phenoxy) is 2. The summed E-state index contributed by atoms with van der Waals surface area (Å²) in [7, 11) is -3.96. The van der Waals surface area contributed by atoms with Gasteiger partial charge in [-0.05, 0) is 38.5 Å². The maximum absolute atomic E-state index is 12.3. The smallest absolute Gasteiger partial charge is 0.353 e. The highest BCUT2D eigenvalue weighted by Gasteiger charge is 2.23. The molecule has 0 fully saturated rings. The molecule has 0 saturated heterocycles. The Morgan fingerprint density at radius 1 is 0.905 bits per heavy atom. The van der Waals surface area contributed by atoms with Crippen molar-refractivity contribution < 1.29 is 28.6 Å². The Kier molecular flexibility index (Phi) is 19.6. The Balaban J connectivity index is 1.40. The molecule has 2 atom stereocenters. The molecule has 2 rings (SSSR count). The van der Waals surface area contributed by atoms with Gasteiger partial charge in [-0.15, -0.1) is 0 Å². The van der Waals surface area contributed by atoms with Crippen LogP contribution in [0.1, 0.15) is 103 Å². The Hall–Kier alpha value is -1.88. The lowest BCUT2D eigenvalue weighted by Crippen LogP contribution is -2.24. The number of nitrogen functional groups attached to an aromatic ring is 1. The minimum atomic E-state index is -3.96. The highest BCUT2D eigenvalue weighted by molar-refractivity contribution is 7.52. The van der Waals surface area contributed by atoms with Crippen molar-refractivity contribution in [1.82, 2.24) is 19.5 Å². The Labute approximate surface area is 251 Å². The summed E-state index contributed by atoms with van der Waals surface area (Å²) < 4.78 is 30.2. The summed E-state index contributed by atoms with van der Waals surface area (Å²) in [5.74, 6) is 0.250. The van der Waals surface area contributed by atoms with Crippen LogP contribution in [0, 0.1) is 0 Å². The third-order valence-corrected chi connectivity index (χ3v) is 8.09. The van der Waals surface area contributed by atoms with Gasteiger partial charge in [0.15, 0.2) is 11.5 Å². The molecule has 2 heterocycles. The van der Waals surface area contributed by atoms with Crippen LogP contribution in [0.4, 0.5) is 5.82 Å². The molecule has 42 heavy (non-hydrogen) atoms. The number of anilines is 1. The average molecular weight is 612 g/mol. The maximum Gasteiger partial charge on any atom is 0.353 e. The quantitative estimate of drug-likeness (QED) is 0.0588. The number of hydrogen-bond acceptors (Lipinski definition) is 9. The van der Waals surface area contributed by atoms with E-state index >= 15 is 0 Å². The van der Waals surface area contributed by atoms with Crippen LogP contribution in [0.2, 0.25) is 0 Å². The monoisotopic (exact) mass is 611 g/mol. The van der Waals surface area contributed by atoms with Gasteiger partial charge in [0.1, 0.15) is 18.2 Å². The molecule has 0 radical (unpaired) electrons. The summed E-state index contributed by atoms with van der Waals surface area (Å²) in [6.07, 6.45) is 24.6. The van der Waals surface area contributed by atoms with E-state index in [2.05, 4.69) is 34.0 Å². The molecule has 11 nitrogen and oxygen atoms in total. The number of aliphatic hydroxyl groups excluding tert-OH is 1. The molecule has 0 aromatic carbocycles. The van der Waals surface area contributed by atoms with Crippen molar-refractivity contribution in [2.45, 2.75) is 116 Å². The summed E-state index contributed by atoms with van der Waals surface area (Å²) in [5, 5.41) is 9.66. The number of hydrogen-bond donors (Lipinski definition) is 3. The molecule has 240 valence electrons. The molecule has 2 aromatic heterocycles. The highest BCUT2D eigenvalue weighted by atomic mass is 31.2. The first-order valence-electron chi connectivity index (χ1n) is 15.8. The molecular weight excluding hydrogens is 557 g/mol. The lowest BCUT2D eigenvalue weighted by atomic mass is 10.1. The van der Waals surface area contributed by atoms with Crippen molar-refractivity contribution in [2.75, 3.05) is 38.5 Å². The van der Waals surface area contributed by atoms with Crippen molar-refractivity contribution >= 4 is 24.6 Å². The zero-order valence-corrected chi connectivity index (χ0v) is 26.5. The van der Waals surface area contributed by atoms with Gasteiger partial charge in [0, 0.05) is 13.2 Å². The van der Waals surface area contributed by atoms with Crippen LogP contribution < -0.4 is 5.73 Å². The highest BCUT2D eigenvalue weighted by Crippen LogP contribution is 2.42. The molecule has 0 spiro atoms. The molecule has 4 N–H and O–H groups in total. The standard InChI is InChI=1S/C30H54N5O6P/c1-2-3-4-5-6-7-8-9-10-11-12-13-14-15-16-17-19-39-20-18-21-41-42(37,38)26-40-27(23-36)22-35-25-34-28-29(31)32-24-33-30(28)35/h9-10,24-25,27,36H,2-8,11-23,26H2,1H3,(H,37,38)(H2,31,32,33)/b10-9-/t27-/m0/s1. The molecule has 1 unspecified atom stereocenters. The van der Waals surface area contributed by atoms with Gasteiger partial charge in [0.05, 0.1) is 32.2 Å². The second kappa shape index (κ2) is 22.6. The van der Waals surface area contributed by atoms with E-state index in [1.807, 2.05) is 0 Å². The van der Waals surface area contributed by atoms with Gasteiger partial charge in [-0.25, -0.2) is 15.0 Å². The summed E-state index contributed by atoms with van der Waals surface area (Å²) in [4.78, 5) is 22.3. The molecule has 0 saturated carbocycles. The SMILES string of the molecule is CCCCCCCC/C=C\CCCCCCCCOCCCOP(=O)(O)CO[C@H](CO)Cn1cnc2c(N)ncnc21. The van der Waals surface area contributed by atoms with Crippen molar-refractivity contribution in [3.8, 4) is 0 Å². The van der Waals surface area contributed by atoms with Crippen molar-refractivity contribution in [3.05, 3.63) is 24.8 Å². The molecule has 0 aliphatic carbocycles. The van der Waals surface area contributed by atoms with Crippen LogP contribution in [0.5, 0.6) is 0 Å². The number of aromatic nitrogens is 4. The van der Waals surface area contributed by atoms with Crippen LogP contribution in [-0.2, 0) is 25.1 Å². The van der Waals surface area contributed by atoms with E-state index in [0.29, 0.717) is 30.8 Å². The number of aliphatic hydroxyl groups is 1. The van der Waals surface area contributed by atoms with E-state index in [4.69, 9.17) is 19.7 Å². The minimum Gasteiger partial charge on any atom is -0.394 e. The average Bonchev–Trinajstić information content (AvgIpc) is 3.40. The molecule has 0 bridgehead atoms. The number of fused-ring (bicyclic) bond motifs is 1. The number of nitrogens with two attached hydrogens (primary N) is 1. The lowest BCUT2D eigenvalue weighted by Gasteiger charge is -2.19. The second-order valence-corrected chi connectivity index (χ2v) is 12.6. The number of imidazole rings is 1. The van der Waals surface area contributed by atoms with Gasteiger partial charge in [-0.1, -0.05) is 76.9 Å². The summed E-state index contributed by atoms with van der Waals surface area (Å²) in [6.45, 7) is 3.34. The van der Waals surface area contributed by atoms with E-state index in [9.17, 15) is 14.6 Å². The summed E-state index contributed by atoms with van der Waals surface area (Å²) in [6, 6.07) is 0. The number of allylic oxidation sites excluding steroid dienone is 2. The van der Waals surface area contributed by atoms with Gasteiger partial charge in [-0.2, -0.15) is 0 Å². The molecule has 0 aliphatic heterocycles. The number of unbranched alkanes of at least 4 members (excludes halogenated alkanes) is 12. The Morgan fingerprint density at radius 3 is 2.24 bits per heavy atom. The zero-order valence-electron chi connectivity index (χ0n) is 25.6. The van der Waals surface area contributed by atoms with Gasteiger partial charge >= 0.3 is 7.60 Å². The van der Waals surface area contributed by atoms with Crippen LogP contribution in [0.25, 0.3) is 11.2 Å². The number of nitrogens with zero attached hydrogens (tertiary/aromatic N) is 4. The van der Waals surface area contributed by atoms with Crippen molar-refractivity contribution in [3.63, 3.8) is 0 Å². The van der Waals surface area contributed by atoms with Crippen LogP contribution in [-0.4, -0.2) is 68.4 Å². The Bertz CT molecular complexity index is 1040. The fourth-order valence-electron chi connectivity index (χ4n) is 4.57. The van der Waals surface area contributed by atoms with E-state index in [0.717, 1.165) is 12.8 Å². The minimum absolute atomic E-state index is 0.0939. The van der Waals surface area contributed by atoms with Gasteiger partial charge in [-0.3, -0.25) is 4.57 Å². The topological polar surface area (TPSA) is 155 Å². The zero-order chi connectivity index (χ0) is 30.3. The first kappa shape index (κ1) is 36.3. The predicted octanol–water partition coefficient (Wildman–Crippen LogP) is 6.39. The molecular formula is C30H54N5O6P. The van der Waals surface area contributed by atoms with E-state index < -0.39 is 20.0 Å². The fourth-order valence-corrected chi connectivity index (χ4v) is 5.46. The predicted molar refractivity (Wildman–Crippen MR) is 167 cm³/mol.